The zero-order chi connectivity index (χ0) is 30.8. The number of nitrogens with one attached hydrogen (secondary N) is 1. The Balaban J connectivity index is 2.02. The van der Waals surface area contributed by atoms with Gasteiger partial charge in [-0.1, -0.05) is 45.0 Å². The van der Waals surface area contributed by atoms with Crippen molar-refractivity contribution in [1.82, 2.24) is 4.90 Å². The Kier molecular flexibility index (Phi) is 9.62. The molecule has 2 aromatic carbocycles. The van der Waals surface area contributed by atoms with Crippen LogP contribution in [0.4, 0.5) is 10.5 Å². The molecule has 0 aliphatic carbocycles. The highest BCUT2D eigenvalue weighted by Crippen LogP contribution is 2.43. The molecule has 1 aliphatic heterocycles. The van der Waals surface area contributed by atoms with E-state index in [-0.39, 0.29) is 22.9 Å². The molecule has 0 bridgehead atoms. The largest absolute Gasteiger partial charge is 0.506 e. The van der Waals surface area contributed by atoms with Crippen molar-refractivity contribution in [3.8, 4) is 5.75 Å². The summed E-state index contributed by atoms with van der Waals surface area (Å²) in [6.45, 7) is 16.7. The number of benzene rings is 2. The lowest BCUT2D eigenvalue weighted by Crippen LogP contribution is -2.46. The number of carbonyl (C=O) groups is 2. The second kappa shape index (κ2) is 12.3. The van der Waals surface area contributed by atoms with Gasteiger partial charge in [-0.3, -0.25) is 0 Å². The summed E-state index contributed by atoms with van der Waals surface area (Å²) in [5.74, 6) is -0.988. The molecule has 9 nitrogen and oxygen atoms in total. The zero-order valence-corrected chi connectivity index (χ0v) is 26.3. The van der Waals surface area contributed by atoms with E-state index in [1.807, 2.05) is 20.8 Å². The molecule has 10 heteroatoms. The minimum atomic E-state index is -2.37. The van der Waals surface area contributed by atoms with Gasteiger partial charge in [0.1, 0.15) is 17.6 Å². The summed E-state index contributed by atoms with van der Waals surface area (Å²) in [7, 11) is -2.37. The maximum absolute atomic E-state index is 13.5. The standard InChI is InChI=1S/C31H44N2O7Si/c1-30(2,3)39-29(38)33(18-17-20-9-11-21(12-10-20)28(36)37)19-25(40-41(7,8)31(4,5)6)22-13-15-24(34)27-23(22)14-16-26(35)32-27/h9-16,25-26,32,34-35H,17-19H2,1-8H3,(H,36,37)/t25-,26?/m0/s1. The van der Waals surface area contributed by atoms with Crippen molar-refractivity contribution in [2.24, 2.45) is 0 Å². The number of ether oxygens (including phenoxy) is 1. The van der Waals surface area contributed by atoms with Gasteiger partial charge >= 0.3 is 12.1 Å². The van der Waals surface area contributed by atoms with Crippen LogP contribution in [0.2, 0.25) is 18.1 Å². The third-order valence-electron chi connectivity index (χ3n) is 7.49. The number of phenols is 1. The second-order valence-electron chi connectivity index (χ2n) is 13.0. The van der Waals surface area contributed by atoms with Gasteiger partial charge < -0.3 is 34.7 Å². The molecule has 1 heterocycles. The van der Waals surface area contributed by atoms with E-state index in [0.29, 0.717) is 24.2 Å². The minimum Gasteiger partial charge on any atom is -0.506 e. The van der Waals surface area contributed by atoms with E-state index < -0.39 is 38.3 Å². The first-order valence-electron chi connectivity index (χ1n) is 13.8. The van der Waals surface area contributed by atoms with Crippen molar-refractivity contribution in [3.63, 3.8) is 0 Å². The third-order valence-corrected chi connectivity index (χ3v) is 12.0. The lowest BCUT2D eigenvalue weighted by atomic mass is 9.97. The van der Waals surface area contributed by atoms with Crippen LogP contribution in [0.25, 0.3) is 6.08 Å². The molecule has 0 aromatic heterocycles. The highest BCUT2D eigenvalue weighted by molar-refractivity contribution is 6.74. The van der Waals surface area contributed by atoms with E-state index >= 15 is 0 Å². The summed E-state index contributed by atoms with van der Waals surface area (Å²) >= 11 is 0. The summed E-state index contributed by atoms with van der Waals surface area (Å²) < 4.78 is 12.7. The average Bonchev–Trinajstić information content (AvgIpc) is 2.84. The molecule has 4 N–H and O–H groups in total. The van der Waals surface area contributed by atoms with Crippen molar-refractivity contribution in [2.45, 2.75) is 84.0 Å². The van der Waals surface area contributed by atoms with Gasteiger partial charge in [-0.2, -0.15) is 0 Å². The van der Waals surface area contributed by atoms with E-state index in [9.17, 15) is 24.9 Å². The first-order chi connectivity index (χ1) is 18.9. The van der Waals surface area contributed by atoms with Crippen molar-refractivity contribution in [1.29, 1.82) is 0 Å². The SMILES string of the molecule is CC(C)(C)OC(=O)N(CCc1ccc(C(=O)O)cc1)C[C@H](O[Si](C)(C)C(C)(C)C)c1ccc(O)c2c1C=CC(O)N2. The predicted molar refractivity (Wildman–Crippen MR) is 163 cm³/mol. The molecule has 2 atom stereocenters. The van der Waals surface area contributed by atoms with Crippen LogP contribution < -0.4 is 5.32 Å². The van der Waals surface area contributed by atoms with Crippen LogP contribution in [0.3, 0.4) is 0 Å². The number of nitrogens with zero attached hydrogens (tertiary/aromatic N) is 1. The van der Waals surface area contributed by atoms with Crippen LogP contribution in [0.5, 0.6) is 5.75 Å². The van der Waals surface area contributed by atoms with Crippen molar-refractivity contribution < 1.29 is 34.1 Å². The highest BCUT2D eigenvalue weighted by atomic mass is 28.4. The lowest BCUT2D eigenvalue weighted by molar-refractivity contribution is 0.0158. The number of hydrogen-bond donors (Lipinski definition) is 4. The van der Waals surface area contributed by atoms with E-state index in [1.165, 1.54) is 0 Å². The lowest BCUT2D eigenvalue weighted by Gasteiger charge is -2.41. The fraction of sp³-hybridized carbons (Fsp3) is 0.484. The number of amides is 1. The number of carboxylic acid groups (broad SMARTS) is 1. The molecule has 224 valence electrons. The van der Waals surface area contributed by atoms with Gasteiger partial charge in [-0.15, -0.1) is 0 Å². The summed E-state index contributed by atoms with van der Waals surface area (Å²) in [6.07, 6.45) is 1.85. The van der Waals surface area contributed by atoms with Crippen LogP contribution in [0.15, 0.2) is 42.5 Å². The Morgan fingerprint density at radius 2 is 1.68 bits per heavy atom. The smallest absolute Gasteiger partial charge is 0.410 e. The number of fused-ring (bicyclic) bond motifs is 1. The maximum Gasteiger partial charge on any atom is 0.410 e. The predicted octanol–water partition coefficient (Wildman–Crippen LogP) is 6.39. The summed E-state index contributed by atoms with van der Waals surface area (Å²) in [5.41, 5.74) is 2.24. The fourth-order valence-corrected chi connectivity index (χ4v) is 5.48. The maximum atomic E-state index is 13.5. The van der Waals surface area contributed by atoms with E-state index in [1.54, 1.807) is 53.5 Å². The number of phenolic OH excluding ortho intramolecular Hbond substituents is 1. The van der Waals surface area contributed by atoms with Gasteiger partial charge in [0, 0.05) is 12.1 Å². The van der Waals surface area contributed by atoms with Gasteiger partial charge in [-0.25, -0.2) is 9.59 Å². The number of aliphatic hydroxyl groups excluding tert-OH is 1. The quantitative estimate of drug-likeness (QED) is 0.197. The van der Waals surface area contributed by atoms with Gasteiger partial charge in [0.15, 0.2) is 8.32 Å². The Labute approximate surface area is 243 Å². The van der Waals surface area contributed by atoms with Crippen LogP contribution in [0, 0.1) is 0 Å². The fourth-order valence-electron chi connectivity index (χ4n) is 4.21. The molecule has 1 amide bonds. The monoisotopic (exact) mass is 584 g/mol. The van der Waals surface area contributed by atoms with E-state index in [2.05, 4.69) is 39.2 Å². The number of aliphatic hydroxyl groups is 1. The third kappa shape index (κ3) is 8.34. The molecule has 0 spiro atoms. The zero-order valence-electron chi connectivity index (χ0n) is 25.3. The molecule has 0 saturated heterocycles. The van der Waals surface area contributed by atoms with Crippen LogP contribution in [0.1, 0.15) is 74.7 Å². The van der Waals surface area contributed by atoms with Crippen molar-refractivity contribution in [3.05, 3.63) is 64.7 Å². The molecule has 1 aliphatic rings. The molecule has 0 fully saturated rings. The Morgan fingerprint density at radius 3 is 2.24 bits per heavy atom. The molecule has 2 aromatic rings. The molecular formula is C31H44N2O7Si. The number of rotatable bonds is 9. The summed E-state index contributed by atoms with van der Waals surface area (Å²) in [6, 6.07) is 9.96. The van der Waals surface area contributed by atoms with E-state index in [4.69, 9.17) is 9.16 Å². The normalized spacial score (nSPS) is 16.0. The number of aromatic hydroxyl groups is 1. The van der Waals surface area contributed by atoms with Gasteiger partial charge in [0.05, 0.1) is 23.9 Å². The molecule has 41 heavy (non-hydrogen) atoms. The van der Waals surface area contributed by atoms with Crippen LogP contribution in [-0.2, 0) is 15.6 Å². The number of hydrogen-bond acceptors (Lipinski definition) is 7. The number of aromatic carboxylic acids is 1. The molecule has 1 unspecified atom stereocenters. The average molecular weight is 585 g/mol. The number of anilines is 1. The Bertz CT molecular complexity index is 1280. The van der Waals surface area contributed by atoms with Gasteiger partial charge in [0.25, 0.3) is 0 Å². The highest BCUT2D eigenvalue weighted by Gasteiger charge is 2.41. The minimum absolute atomic E-state index is 0.00651. The Hall–Kier alpha value is -3.34. The molecule has 0 radical (unpaired) electrons. The first kappa shape index (κ1) is 32.2. The number of carbonyl (C=O) groups excluding carboxylic acids is 1. The summed E-state index contributed by atoms with van der Waals surface area (Å²) in [5, 5.41) is 32.7. The number of carboxylic acids is 1. The van der Waals surface area contributed by atoms with Crippen molar-refractivity contribution >= 4 is 32.1 Å². The first-order valence-corrected chi connectivity index (χ1v) is 16.8. The van der Waals surface area contributed by atoms with Crippen molar-refractivity contribution in [2.75, 3.05) is 18.4 Å². The van der Waals surface area contributed by atoms with Gasteiger partial charge in [-0.05, 0) is 80.7 Å². The molecular weight excluding hydrogens is 540 g/mol. The Morgan fingerprint density at radius 1 is 1.05 bits per heavy atom. The van der Waals surface area contributed by atoms with Crippen LogP contribution in [-0.4, -0.2) is 65.5 Å². The topological polar surface area (TPSA) is 129 Å². The van der Waals surface area contributed by atoms with Crippen LogP contribution >= 0.6 is 0 Å². The molecule has 0 saturated carbocycles. The molecule has 3 rings (SSSR count). The van der Waals surface area contributed by atoms with E-state index in [0.717, 1.165) is 11.1 Å². The second-order valence-corrected chi connectivity index (χ2v) is 17.7. The van der Waals surface area contributed by atoms with Gasteiger partial charge in [0.2, 0.25) is 0 Å². The summed E-state index contributed by atoms with van der Waals surface area (Å²) in [4.78, 5) is 26.4.